The molecule has 0 aliphatic carbocycles. The Morgan fingerprint density at radius 1 is 1.09 bits per heavy atom. The number of aliphatic hydroxyl groups excluding tert-OH is 1. The predicted molar refractivity (Wildman–Crippen MR) is 88.9 cm³/mol. The maximum atomic E-state index is 11.8. The maximum absolute atomic E-state index is 11.8. The largest absolute Gasteiger partial charge is 0.464 e. The lowest BCUT2D eigenvalue weighted by Gasteiger charge is -2.14. The summed E-state index contributed by atoms with van der Waals surface area (Å²) in [6.45, 7) is 2.15. The van der Waals surface area contributed by atoms with Crippen molar-refractivity contribution >= 4 is 5.97 Å². The summed E-state index contributed by atoms with van der Waals surface area (Å²) in [6.07, 6.45) is -0.106. The van der Waals surface area contributed by atoms with Crippen LogP contribution in [0, 0.1) is 0 Å². The van der Waals surface area contributed by atoms with Crippen LogP contribution < -0.4 is 0 Å². The summed E-state index contributed by atoms with van der Waals surface area (Å²) in [7, 11) is 1.51. The van der Waals surface area contributed by atoms with Crippen molar-refractivity contribution in [2.45, 2.75) is 26.1 Å². The lowest BCUT2D eigenvalue weighted by atomic mass is 10.00. The van der Waals surface area contributed by atoms with Crippen molar-refractivity contribution < 1.29 is 19.4 Å². The normalized spacial score (nSPS) is 12.0. The Bertz CT molecular complexity index is 634. The van der Waals surface area contributed by atoms with Gasteiger partial charge >= 0.3 is 5.97 Å². The summed E-state index contributed by atoms with van der Waals surface area (Å²) in [5, 5.41) is 9.22. The first-order chi connectivity index (χ1) is 11.2. The molecule has 2 rings (SSSR count). The van der Waals surface area contributed by atoms with Gasteiger partial charge in [-0.25, -0.2) is 4.79 Å². The fourth-order valence-electron chi connectivity index (χ4n) is 2.39. The van der Waals surface area contributed by atoms with Gasteiger partial charge in [-0.15, -0.1) is 0 Å². The van der Waals surface area contributed by atoms with E-state index in [2.05, 4.69) is 0 Å². The predicted octanol–water partition coefficient (Wildman–Crippen LogP) is 2.97. The van der Waals surface area contributed by atoms with E-state index in [4.69, 9.17) is 9.47 Å². The molecule has 0 saturated heterocycles. The highest BCUT2D eigenvalue weighted by Gasteiger charge is 2.19. The molecular formula is C19H22O4. The Kier molecular flexibility index (Phi) is 6.32. The number of benzene rings is 2. The van der Waals surface area contributed by atoms with E-state index in [1.165, 1.54) is 7.11 Å². The molecule has 4 nitrogen and oxygen atoms in total. The number of methoxy groups -OCH3 is 1. The van der Waals surface area contributed by atoms with E-state index < -0.39 is 6.10 Å². The number of ether oxygens (including phenoxy) is 2. The Hall–Kier alpha value is -2.17. The van der Waals surface area contributed by atoms with Gasteiger partial charge in [-0.05, 0) is 35.2 Å². The van der Waals surface area contributed by atoms with Gasteiger partial charge in [0.05, 0.1) is 13.2 Å². The van der Waals surface area contributed by atoms with E-state index in [1.807, 2.05) is 48.5 Å². The molecule has 4 heteroatoms. The number of hydrogen-bond acceptors (Lipinski definition) is 4. The van der Waals surface area contributed by atoms with Gasteiger partial charge < -0.3 is 14.6 Å². The molecule has 122 valence electrons. The van der Waals surface area contributed by atoms with Gasteiger partial charge in [-0.3, -0.25) is 0 Å². The molecule has 23 heavy (non-hydrogen) atoms. The minimum absolute atomic E-state index is 0.0288. The maximum Gasteiger partial charge on any atom is 0.335 e. The third-order valence-electron chi connectivity index (χ3n) is 3.65. The van der Waals surface area contributed by atoms with E-state index in [1.54, 1.807) is 6.92 Å². The van der Waals surface area contributed by atoms with Crippen molar-refractivity contribution in [3.63, 3.8) is 0 Å². The first kappa shape index (κ1) is 17.2. The van der Waals surface area contributed by atoms with Gasteiger partial charge in [-0.1, -0.05) is 42.5 Å². The molecule has 2 aromatic carbocycles. The number of carbonyl (C=O) groups excluding carboxylic acids is 1. The summed E-state index contributed by atoms with van der Waals surface area (Å²) in [5.74, 6) is -0.338. The topological polar surface area (TPSA) is 55.8 Å². The van der Waals surface area contributed by atoms with Gasteiger partial charge in [0, 0.05) is 13.5 Å². The van der Waals surface area contributed by atoms with Gasteiger partial charge in [0.25, 0.3) is 0 Å². The van der Waals surface area contributed by atoms with Crippen molar-refractivity contribution in [1.29, 1.82) is 0 Å². The molecule has 0 radical (unpaired) electrons. The molecule has 0 aliphatic rings. The van der Waals surface area contributed by atoms with Gasteiger partial charge in [0.1, 0.15) is 0 Å². The third kappa shape index (κ3) is 4.65. The van der Waals surface area contributed by atoms with Crippen LogP contribution >= 0.6 is 0 Å². The highest BCUT2D eigenvalue weighted by molar-refractivity contribution is 5.75. The van der Waals surface area contributed by atoms with E-state index in [9.17, 15) is 9.90 Å². The fourth-order valence-corrected chi connectivity index (χ4v) is 2.39. The van der Waals surface area contributed by atoms with Crippen molar-refractivity contribution in [1.82, 2.24) is 0 Å². The first-order valence-corrected chi connectivity index (χ1v) is 7.66. The number of rotatable bonds is 7. The van der Waals surface area contributed by atoms with Crippen LogP contribution in [0.1, 0.15) is 18.1 Å². The van der Waals surface area contributed by atoms with Crippen LogP contribution in [0.4, 0.5) is 0 Å². The molecular weight excluding hydrogens is 292 g/mol. The zero-order valence-corrected chi connectivity index (χ0v) is 13.5. The summed E-state index contributed by atoms with van der Waals surface area (Å²) >= 11 is 0. The highest BCUT2D eigenvalue weighted by Crippen LogP contribution is 2.21. The molecule has 0 aliphatic heterocycles. The van der Waals surface area contributed by atoms with Crippen molar-refractivity contribution in [3.8, 4) is 11.1 Å². The lowest BCUT2D eigenvalue weighted by molar-refractivity contribution is -0.154. The van der Waals surface area contributed by atoms with Gasteiger partial charge in [-0.2, -0.15) is 0 Å². The second-order valence-electron chi connectivity index (χ2n) is 5.24. The van der Waals surface area contributed by atoms with Gasteiger partial charge in [0.2, 0.25) is 0 Å². The fraction of sp³-hybridized carbons (Fsp3) is 0.316. The second-order valence-corrected chi connectivity index (χ2v) is 5.24. The van der Waals surface area contributed by atoms with Crippen molar-refractivity contribution in [2.75, 3.05) is 13.7 Å². The zero-order valence-electron chi connectivity index (χ0n) is 13.5. The summed E-state index contributed by atoms with van der Waals surface area (Å²) in [5.41, 5.74) is 4.01. The lowest BCUT2D eigenvalue weighted by Crippen LogP contribution is -2.27. The zero-order chi connectivity index (χ0) is 16.7. The molecule has 1 atom stereocenters. The molecule has 0 amide bonds. The van der Waals surface area contributed by atoms with Crippen LogP contribution in [0.3, 0.4) is 0 Å². The Balaban J connectivity index is 2.10. The highest BCUT2D eigenvalue weighted by atomic mass is 16.6. The molecule has 2 aromatic rings. The van der Waals surface area contributed by atoms with Crippen LogP contribution in [0.2, 0.25) is 0 Å². The van der Waals surface area contributed by atoms with Crippen molar-refractivity contribution in [2.24, 2.45) is 0 Å². The summed E-state index contributed by atoms with van der Waals surface area (Å²) < 4.78 is 10.2. The van der Waals surface area contributed by atoms with E-state index in [0.29, 0.717) is 13.0 Å². The Morgan fingerprint density at radius 2 is 1.83 bits per heavy atom. The monoisotopic (exact) mass is 314 g/mol. The molecule has 0 saturated carbocycles. The second kappa shape index (κ2) is 8.46. The molecule has 1 N–H and O–H groups in total. The van der Waals surface area contributed by atoms with E-state index >= 15 is 0 Å². The van der Waals surface area contributed by atoms with Crippen LogP contribution in [-0.2, 0) is 27.3 Å². The van der Waals surface area contributed by atoms with E-state index in [0.717, 1.165) is 22.3 Å². The molecule has 0 unspecified atom stereocenters. The average Bonchev–Trinajstić information content (AvgIpc) is 2.60. The average molecular weight is 314 g/mol. The van der Waals surface area contributed by atoms with Crippen LogP contribution in [0.15, 0.2) is 48.5 Å². The first-order valence-electron chi connectivity index (χ1n) is 7.66. The Labute approximate surface area is 136 Å². The summed E-state index contributed by atoms with van der Waals surface area (Å²) in [4.78, 5) is 11.8. The van der Waals surface area contributed by atoms with Gasteiger partial charge in [0.15, 0.2) is 6.10 Å². The SMILES string of the molecule is CCOC(=O)[C@H](Cc1ccc(-c2cccc(CO)c2)cc1)OC. The third-order valence-corrected chi connectivity index (χ3v) is 3.65. The number of carbonyl (C=O) groups is 1. The van der Waals surface area contributed by atoms with Crippen molar-refractivity contribution in [3.05, 3.63) is 59.7 Å². The Morgan fingerprint density at radius 3 is 2.43 bits per heavy atom. The van der Waals surface area contributed by atoms with Crippen LogP contribution in [-0.4, -0.2) is 30.9 Å². The standard InChI is InChI=1S/C19H22O4/c1-3-23-19(21)18(22-2)12-14-7-9-16(10-8-14)17-6-4-5-15(11-17)13-20/h4-11,18,20H,3,12-13H2,1-2H3/t18-/m0/s1. The minimum Gasteiger partial charge on any atom is -0.464 e. The minimum atomic E-state index is -0.585. The van der Waals surface area contributed by atoms with Crippen LogP contribution in [0.5, 0.6) is 0 Å². The molecule has 0 bridgehead atoms. The van der Waals surface area contributed by atoms with E-state index in [-0.39, 0.29) is 12.6 Å². The molecule has 0 spiro atoms. The molecule has 0 heterocycles. The molecule has 0 fully saturated rings. The quantitative estimate of drug-likeness (QED) is 0.798. The molecule has 0 aromatic heterocycles. The van der Waals surface area contributed by atoms with Crippen LogP contribution in [0.25, 0.3) is 11.1 Å². The number of hydrogen-bond donors (Lipinski definition) is 1. The summed E-state index contributed by atoms with van der Waals surface area (Å²) in [6, 6.07) is 15.7. The number of esters is 1. The number of aliphatic hydroxyl groups is 1. The smallest absolute Gasteiger partial charge is 0.335 e.